The number of hydrogen-bond acceptors (Lipinski definition) is 0. The molecule has 0 fully saturated rings. The smallest absolute Gasteiger partial charge is 0.245 e. The molecule has 0 nitrogen and oxygen atoms in total. The lowest BCUT2D eigenvalue weighted by Gasteiger charge is -2.25. The van der Waals surface area contributed by atoms with Crippen molar-refractivity contribution in [2.24, 2.45) is 11.8 Å². The van der Waals surface area contributed by atoms with E-state index in [4.69, 9.17) is 0 Å². The summed E-state index contributed by atoms with van der Waals surface area (Å²) >= 11 is 2.04. The Bertz CT molecular complexity index is 142. The summed E-state index contributed by atoms with van der Waals surface area (Å²) in [5, 5.41) is 0. The van der Waals surface area contributed by atoms with Gasteiger partial charge in [-0.05, 0) is 25.7 Å². The molecule has 0 aliphatic carbocycles. The second kappa shape index (κ2) is 5.41. The third-order valence-corrected chi connectivity index (χ3v) is 3.42. The van der Waals surface area contributed by atoms with Crippen molar-refractivity contribution in [1.82, 2.24) is 0 Å². The molecule has 0 bridgehead atoms. The molecular formula is C9H16F3I. The molecule has 80 valence electrons. The first-order valence-electron chi connectivity index (χ1n) is 4.35. The van der Waals surface area contributed by atoms with E-state index in [2.05, 4.69) is 0 Å². The first-order chi connectivity index (χ1) is 5.78. The van der Waals surface area contributed by atoms with Gasteiger partial charge in [-0.1, -0.05) is 29.5 Å². The molecule has 0 heterocycles. The summed E-state index contributed by atoms with van der Waals surface area (Å²) in [6.45, 7) is 4.01. The summed E-state index contributed by atoms with van der Waals surface area (Å²) < 4.78 is 38.8. The van der Waals surface area contributed by atoms with Crippen molar-refractivity contribution >= 4 is 22.6 Å². The largest absolute Gasteiger partial charge is 0.247 e. The van der Waals surface area contributed by atoms with E-state index in [1.54, 1.807) is 6.92 Å². The van der Waals surface area contributed by atoms with Gasteiger partial charge in [-0.2, -0.15) is 0 Å². The van der Waals surface area contributed by atoms with Gasteiger partial charge in [0.1, 0.15) is 6.17 Å². The van der Waals surface area contributed by atoms with E-state index in [-0.39, 0.29) is 18.3 Å². The molecule has 0 aromatic carbocycles. The van der Waals surface area contributed by atoms with E-state index in [1.165, 1.54) is 6.92 Å². The lowest BCUT2D eigenvalue weighted by Crippen LogP contribution is -2.27. The van der Waals surface area contributed by atoms with Crippen LogP contribution >= 0.6 is 22.6 Å². The van der Waals surface area contributed by atoms with Crippen LogP contribution in [0.4, 0.5) is 13.2 Å². The van der Waals surface area contributed by atoms with Gasteiger partial charge in [0.2, 0.25) is 5.92 Å². The highest BCUT2D eigenvalue weighted by Gasteiger charge is 2.31. The topological polar surface area (TPSA) is 0 Å². The summed E-state index contributed by atoms with van der Waals surface area (Å²) in [5.41, 5.74) is 0. The summed E-state index contributed by atoms with van der Waals surface area (Å²) in [6, 6.07) is 0. The molecule has 0 amide bonds. The van der Waals surface area contributed by atoms with Crippen molar-refractivity contribution in [3.63, 3.8) is 0 Å². The third kappa shape index (κ3) is 5.75. The first-order valence-corrected chi connectivity index (χ1v) is 5.88. The molecule has 4 heteroatoms. The van der Waals surface area contributed by atoms with Gasteiger partial charge in [0, 0.05) is 10.8 Å². The zero-order valence-electron chi connectivity index (χ0n) is 8.16. The van der Waals surface area contributed by atoms with Crippen LogP contribution in [0, 0.1) is 11.8 Å². The Balaban J connectivity index is 4.18. The highest BCUT2D eigenvalue weighted by molar-refractivity contribution is 14.1. The van der Waals surface area contributed by atoms with Crippen LogP contribution in [0.25, 0.3) is 0 Å². The minimum atomic E-state index is -2.68. The minimum Gasteiger partial charge on any atom is -0.247 e. The van der Waals surface area contributed by atoms with Crippen LogP contribution in [0.15, 0.2) is 0 Å². The lowest BCUT2D eigenvalue weighted by atomic mass is 9.88. The molecule has 3 atom stereocenters. The first kappa shape index (κ1) is 13.5. The SMILES string of the molecule is CC(F)[C@@H](C)C(CI)CC(C)(F)F. The zero-order chi connectivity index (χ0) is 10.6. The van der Waals surface area contributed by atoms with Crippen molar-refractivity contribution < 1.29 is 13.2 Å². The van der Waals surface area contributed by atoms with Crippen LogP contribution < -0.4 is 0 Å². The van der Waals surface area contributed by atoms with Crippen LogP contribution in [0.5, 0.6) is 0 Å². The highest BCUT2D eigenvalue weighted by atomic mass is 127. The normalized spacial score (nSPS) is 19.6. The fraction of sp³-hybridized carbons (Fsp3) is 1.00. The maximum atomic E-state index is 12.9. The molecule has 0 aliphatic heterocycles. The van der Waals surface area contributed by atoms with E-state index < -0.39 is 12.1 Å². The van der Waals surface area contributed by atoms with E-state index in [1.807, 2.05) is 22.6 Å². The average molecular weight is 308 g/mol. The molecule has 0 saturated carbocycles. The van der Waals surface area contributed by atoms with Crippen molar-refractivity contribution in [3.05, 3.63) is 0 Å². The number of alkyl halides is 4. The second-order valence-electron chi connectivity index (χ2n) is 3.73. The van der Waals surface area contributed by atoms with E-state index in [9.17, 15) is 13.2 Å². The summed E-state index contributed by atoms with van der Waals surface area (Å²) in [6.07, 6.45) is -1.23. The Hall–Kier alpha value is 0.520. The molecule has 2 unspecified atom stereocenters. The van der Waals surface area contributed by atoms with E-state index in [0.29, 0.717) is 4.43 Å². The predicted molar refractivity (Wildman–Crippen MR) is 57.3 cm³/mol. The standard InChI is InChI=1S/C9H16F3I/c1-6(7(2)10)8(5-13)4-9(3,11)12/h6-8H,4-5H2,1-3H3/t6-,7?,8?/m1/s1. The summed E-state index contributed by atoms with van der Waals surface area (Å²) in [7, 11) is 0. The second-order valence-corrected chi connectivity index (χ2v) is 4.61. The number of hydrogen-bond donors (Lipinski definition) is 0. The Morgan fingerprint density at radius 3 is 2.00 bits per heavy atom. The molecule has 0 spiro atoms. The monoisotopic (exact) mass is 308 g/mol. The number of rotatable bonds is 5. The molecule has 0 N–H and O–H groups in total. The Morgan fingerprint density at radius 2 is 1.77 bits per heavy atom. The molecule has 0 saturated heterocycles. The molecule has 0 aliphatic rings. The fourth-order valence-electron chi connectivity index (χ4n) is 1.22. The van der Waals surface area contributed by atoms with Crippen LogP contribution in [0.1, 0.15) is 27.2 Å². The Kier molecular flexibility index (Phi) is 5.63. The fourth-order valence-corrected chi connectivity index (χ4v) is 2.33. The maximum absolute atomic E-state index is 12.9. The molecule has 0 rings (SSSR count). The molecule has 0 radical (unpaired) electrons. The van der Waals surface area contributed by atoms with E-state index in [0.717, 1.165) is 6.92 Å². The lowest BCUT2D eigenvalue weighted by molar-refractivity contribution is -0.0120. The predicted octanol–water partition coefficient (Wildman–Crippen LogP) is 4.08. The minimum absolute atomic E-state index is 0.217. The van der Waals surface area contributed by atoms with Crippen molar-refractivity contribution in [2.45, 2.75) is 39.3 Å². The van der Waals surface area contributed by atoms with Gasteiger partial charge in [-0.15, -0.1) is 0 Å². The van der Waals surface area contributed by atoms with Crippen molar-refractivity contribution in [3.8, 4) is 0 Å². The molecule has 0 aromatic heterocycles. The van der Waals surface area contributed by atoms with Gasteiger partial charge in [-0.3, -0.25) is 0 Å². The third-order valence-electron chi connectivity index (χ3n) is 2.29. The van der Waals surface area contributed by atoms with Crippen LogP contribution in [-0.2, 0) is 0 Å². The van der Waals surface area contributed by atoms with Gasteiger partial charge in [-0.25, -0.2) is 13.2 Å². The molecule has 13 heavy (non-hydrogen) atoms. The maximum Gasteiger partial charge on any atom is 0.245 e. The van der Waals surface area contributed by atoms with Crippen LogP contribution in [-0.4, -0.2) is 16.5 Å². The van der Waals surface area contributed by atoms with Crippen molar-refractivity contribution in [2.75, 3.05) is 4.43 Å². The average Bonchev–Trinajstić information content (AvgIpc) is 1.97. The van der Waals surface area contributed by atoms with Gasteiger partial charge < -0.3 is 0 Å². The van der Waals surface area contributed by atoms with Gasteiger partial charge >= 0.3 is 0 Å². The highest BCUT2D eigenvalue weighted by Crippen LogP contribution is 2.31. The van der Waals surface area contributed by atoms with Gasteiger partial charge in [0.05, 0.1) is 0 Å². The summed E-state index contributed by atoms with van der Waals surface area (Å²) in [4.78, 5) is 0. The Morgan fingerprint density at radius 1 is 1.31 bits per heavy atom. The molecular weight excluding hydrogens is 292 g/mol. The van der Waals surface area contributed by atoms with E-state index >= 15 is 0 Å². The van der Waals surface area contributed by atoms with Crippen LogP contribution in [0.3, 0.4) is 0 Å². The number of halogens is 4. The molecule has 0 aromatic rings. The van der Waals surface area contributed by atoms with Gasteiger partial charge in [0.15, 0.2) is 0 Å². The quantitative estimate of drug-likeness (QED) is 0.530. The zero-order valence-corrected chi connectivity index (χ0v) is 10.3. The Labute approximate surface area is 91.4 Å². The van der Waals surface area contributed by atoms with Gasteiger partial charge in [0.25, 0.3) is 0 Å². The summed E-state index contributed by atoms with van der Waals surface area (Å²) in [5.74, 6) is -3.21. The van der Waals surface area contributed by atoms with Crippen molar-refractivity contribution in [1.29, 1.82) is 0 Å². The van der Waals surface area contributed by atoms with Crippen LogP contribution in [0.2, 0.25) is 0 Å².